The predicted molar refractivity (Wildman–Crippen MR) is 99.9 cm³/mol. The Hall–Kier alpha value is -2.61. The first-order valence-electron chi connectivity index (χ1n) is 9.01. The number of hydrogen-bond acceptors (Lipinski definition) is 4. The highest BCUT2D eigenvalue weighted by molar-refractivity contribution is 6.04. The molecule has 26 heavy (non-hydrogen) atoms. The van der Waals surface area contributed by atoms with Gasteiger partial charge in [0.25, 0.3) is 5.91 Å². The van der Waals surface area contributed by atoms with Gasteiger partial charge in [-0.2, -0.15) is 0 Å². The van der Waals surface area contributed by atoms with Crippen molar-refractivity contribution in [3.8, 4) is 0 Å². The molecule has 1 aliphatic carbocycles. The third-order valence-corrected chi connectivity index (χ3v) is 4.23. The number of carbonyl (C=O) groups is 3. The molecule has 0 bridgehead atoms. The monoisotopic (exact) mass is 361 g/mol. The number of nitrogens with two attached hydrogens (primary N) is 1. The zero-order chi connectivity index (χ0) is 18.8. The van der Waals surface area contributed by atoms with Crippen LogP contribution in [0, 0.1) is 0 Å². The van der Waals surface area contributed by atoms with Gasteiger partial charge in [-0.1, -0.05) is 31.4 Å². The predicted octanol–water partition coefficient (Wildman–Crippen LogP) is 0.945. The Bertz CT molecular complexity index is 629. The minimum atomic E-state index is -0.400. The molecule has 2 rings (SSSR count). The minimum absolute atomic E-state index is 0.169. The van der Waals surface area contributed by atoms with Gasteiger partial charge < -0.3 is 27.0 Å². The second-order valence-electron chi connectivity index (χ2n) is 6.30. The van der Waals surface area contributed by atoms with E-state index in [9.17, 15) is 14.4 Å². The molecular formula is C18H27N5O3. The van der Waals surface area contributed by atoms with Gasteiger partial charge in [0.15, 0.2) is 0 Å². The fourth-order valence-corrected chi connectivity index (χ4v) is 2.91. The molecule has 0 saturated heterocycles. The Labute approximate surface area is 153 Å². The molecular weight excluding hydrogens is 334 g/mol. The van der Waals surface area contributed by atoms with Crippen molar-refractivity contribution in [3.63, 3.8) is 0 Å². The summed E-state index contributed by atoms with van der Waals surface area (Å²) in [6, 6.07) is 6.52. The SMILES string of the molecule is NCCNC(=O)c1ccccc1NC(=O)CNC(=O)NC1CCCCC1. The summed E-state index contributed by atoms with van der Waals surface area (Å²) in [5.41, 5.74) is 6.12. The molecule has 142 valence electrons. The maximum absolute atomic E-state index is 12.1. The third kappa shape index (κ3) is 6.36. The smallest absolute Gasteiger partial charge is 0.315 e. The molecule has 1 fully saturated rings. The van der Waals surface area contributed by atoms with Gasteiger partial charge in [0, 0.05) is 19.1 Å². The highest BCUT2D eigenvalue weighted by Crippen LogP contribution is 2.17. The van der Waals surface area contributed by atoms with Crippen LogP contribution in [0.3, 0.4) is 0 Å². The first-order chi connectivity index (χ1) is 12.6. The van der Waals surface area contributed by atoms with Crippen LogP contribution in [0.15, 0.2) is 24.3 Å². The van der Waals surface area contributed by atoms with Crippen molar-refractivity contribution in [1.29, 1.82) is 0 Å². The van der Waals surface area contributed by atoms with Crippen molar-refractivity contribution in [3.05, 3.63) is 29.8 Å². The topological polar surface area (TPSA) is 125 Å². The number of rotatable bonds is 7. The molecule has 0 heterocycles. The van der Waals surface area contributed by atoms with Crippen LogP contribution in [0.5, 0.6) is 0 Å². The number of nitrogens with one attached hydrogen (secondary N) is 4. The van der Waals surface area contributed by atoms with E-state index in [1.165, 1.54) is 6.42 Å². The van der Waals surface area contributed by atoms with E-state index in [1.807, 2.05) is 0 Å². The summed E-state index contributed by atoms with van der Waals surface area (Å²) in [6.07, 6.45) is 5.40. The summed E-state index contributed by atoms with van der Waals surface area (Å²) in [7, 11) is 0. The Morgan fingerprint density at radius 3 is 2.50 bits per heavy atom. The van der Waals surface area contributed by atoms with E-state index in [1.54, 1.807) is 24.3 Å². The molecule has 0 unspecified atom stereocenters. The molecule has 0 aliphatic heterocycles. The summed E-state index contributed by atoms with van der Waals surface area (Å²) in [4.78, 5) is 36.1. The van der Waals surface area contributed by atoms with Gasteiger partial charge in [0.2, 0.25) is 5.91 Å². The van der Waals surface area contributed by atoms with Crippen LogP contribution in [0.1, 0.15) is 42.5 Å². The molecule has 8 heteroatoms. The maximum atomic E-state index is 12.1. The van der Waals surface area contributed by atoms with Gasteiger partial charge in [0.05, 0.1) is 17.8 Å². The van der Waals surface area contributed by atoms with Crippen LogP contribution in [-0.4, -0.2) is 43.5 Å². The van der Waals surface area contributed by atoms with Crippen LogP contribution >= 0.6 is 0 Å². The standard InChI is InChI=1S/C18H27N5O3/c19-10-11-20-17(25)14-8-4-5-9-15(14)23-16(24)12-21-18(26)22-13-6-2-1-3-7-13/h4-5,8-9,13H,1-3,6-7,10-12,19H2,(H,20,25)(H,23,24)(H2,21,22,26). The number of amides is 4. The summed E-state index contributed by atoms with van der Waals surface area (Å²) in [5, 5.41) is 10.8. The summed E-state index contributed by atoms with van der Waals surface area (Å²) >= 11 is 0. The average molecular weight is 361 g/mol. The number of urea groups is 1. The van der Waals surface area contributed by atoms with Crippen molar-refractivity contribution in [1.82, 2.24) is 16.0 Å². The summed E-state index contributed by atoms with van der Waals surface area (Å²) in [6.45, 7) is 0.515. The lowest BCUT2D eigenvalue weighted by Gasteiger charge is -2.22. The molecule has 0 atom stereocenters. The van der Waals surface area contributed by atoms with Gasteiger partial charge in [-0.3, -0.25) is 9.59 Å². The third-order valence-electron chi connectivity index (χ3n) is 4.23. The normalized spacial score (nSPS) is 14.3. The second-order valence-corrected chi connectivity index (χ2v) is 6.30. The van der Waals surface area contributed by atoms with Crippen LogP contribution in [0.2, 0.25) is 0 Å². The zero-order valence-corrected chi connectivity index (χ0v) is 14.8. The lowest BCUT2D eigenvalue weighted by molar-refractivity contribution is -0.115. The van der Waals surface area contributed by atoms with E-state index in [4.69, 9.17) is 5.73 Å². The number of hydrogen-bond donors (Lipinski definition) is 5. The first kappa shape index (κ1) is 19.7. The van der Waals surface area contributed by atoms with Gasteiger partial charge in [-0.25, -0.2) is 4.79 Å². The van der Waals surface area contributed by atoms with E-state index in [-0.39, 0.29) is 24.5 Å². The molecule has 0 aromatic heterocycles. The van der Waals surface area contributed by atoms with Gasteiger partial charge in [0.1, 0.15) is 0 Å². The Morgan fingerprint density at radius 2 is 1.77 bits per heavy atom. The fraction of sp³-hybridized carbons (Fsp3) is 0.500. The average Bonchev–Trinajstić information content (AvgIpc) is 2.66. The summed E-state index contributed by atoms with van der Waals surface area (Å²) in [5.74, 6) is -0.711. The number of anilines is 1. The molecule has 8 nitrogen and oxygen atoms in total. The van der Waals surface area contributed by atoms with Crippen LogP contribution in [0.25, 0.3) is 0 Å². The van der Waals surface area contributed by atoms with E-state index in [0.717, 1.165) is 25.7 Å². The number of para-hydroxylation sites is 1. The zero-order valence-electron chi connectivity index (χ0n) is 14.8. The quantitative estimate of drug-likeness (QED) is 0.496. The van der Waals surface area contributed by atoms with Crippen LogP contribution in [0.4, 0.5) is 10.5 Å². The van der Waals surface area contributed by atoms with E-state index < -0.39 is 5.91 Å². The molecule has 1 aromatic carbocycles. The molecule has 0 radical (unpaired) electrons. The van der Waals surface area contributed by atoms with Crippen molar-refractivity contribution in [2.24, 2.45) is 5.73 Å². The minimum Gasteiger partial charge on any atom is -0.351 e. The highest BCUT2D eigenvalue weighted by Gasteiger charge is 2.16. The molecule has 0 spiro atoms. The lowest BCUT2D eigenvalue weighted by atomic mass is 9.96. The lowest BCUT2D eigenvalue weighted by Crippen LogP contribution is -2.45. The van der Waals surface area contributed by atoms with Crippen molar-refractivity contribution < 1.29 is 14.4 Å². The van der Waals surface area contributed by atoms with E-state index in [0.29, 0.717) is 24.3 Å². The molecule has 1 saturated carbocycles. The Kier molecular flexibility index (Phi) is 7.88. The Balaban J connectivity index is 1.81. The molecule has 1 aliphatic rings. The number of benzene rings is 1. The van der Waals surface area contributed by atoms with Gasteiger partial charge >= 0.3 is 6.03 Å². The molecule has 4 amide bonds. The second kappa shape index (κ2) is 10.4. The van der Waals surface area contributed by atoms with Gasteiger partial charge in [-0.05, 0) is 25.0 Å². The van der Waals surface area contributed by atoms with E-state index >= 15 is 0 Å². The highest BCUT2D eigenvalue weighted by atomic mass is 16.2. The maximum Gasteiger partial charge on any atom is 0.315 e. The van der Waals surface area contributed by atoms with E-state index in [2.05, 4.69) is 21.3 Å². The fourth-order valence-electron chi connectivity index (χ4n) is 2.91. The molecule has 6 N–H and O–H groups in total. The summed E-state index contributed by atoms with van der Waals surface area (Å²) < 4.78 is 0. The van der Waals surface area contributed by atoms with Crippen LogP contribution < -0.4 is 27.0 Å². The van der Waals surface area contributed by atoms with Crippen molar-refractivity contribution >= 4 is 23.5 Å². The van der Waals surface area contributed by atoms with Gasteiger partial charge in [-0.15, -0.1) is 0 Å². The van der Waals surface area contributed by atoms with Crippen molar-refractivity contribution in [2.45, 2.75) is 38.1 Å². The Morgan fingerprint density at radius 1 is 1.04 bits per heavy atom. The van der Waals surface area contributed by atoms with Crippen molar-refractivity contribution in [2.75, 3.05) is 25.0 Å². The number of carbonyl (C=O) groups excluding carboxylic acids is 3. The molecule has 1 aromatic rings. The largest absolute Gasteiger partial charge is 0.351 e. The first-order valence-corrected chi connectivity index (χ1v) is 9.01. The van der Waals surface area contributed by atoms with Crippen LogP contribution in [-0.2, 0) is 4.79 Å².